The smallest absolute Gasteiger partial charge is 0.152 e. The predicted molar refractivity (Wildman–Crippen MR) is 82.5 cm³/mol. The number of aromatic nitrogens is 3. The van der Waals surface area contributed by atoms with Gasteiger partial charge in [-0.15, -0.1) is 0 Å². The summed E-state index contributed by atoms with van der Waals surface area (Å²) in [5.74, 6) is 2.62. The van der Waals surface area contributed by atoms with Crippen LogP contribution in [0.2, 0.25) is 0 Å². The van der Waals surface area contributed by atoms with Gasteiger partial charge in [0.15, 0.2) is 5.82 Å². The van der Waals surface area contributed by atoms with Crippen molar-refractivity contribution in [3.8, 4) is 0 Å². The lowest BCUT2D eigenvalue weighted by molar-refractivity contribution is 0.490. The third kappa shape index (κ3) is 2.77. The fraction of sp³-hybridized carbons (Fsp3) is 0.375. The molecule has 1 N–H and O–H groups in total. The lowest BCUT2D eigenvalue weighted by atomic mass is 9.92. The molecule has 21 heavy (non-hydrogen) atoms. The average molecular weight is 284 g/mol. The molecule has 5 nitrogen and oxygen atoms in total. The molecule has 3 heterocycles. The summed E-state index contributed by atoms with van der Waals surface area (Å²) in [6.45, 7) is 9.01. The normalized spacial score (nSPS) is 12.0. The second-order valence-electron chi connectivity index (χ2n) is 6.25. The fourth-order valence-electron chi connectivity index (χ4n) is 2.18. The van der Waals surface area contributed by atoms with E-state index in [1.54, 1.807) is 6.20 Å². The zero-order valence-corrected chi connectivity index (χ0v) is 12.8. The van der Waals surface area contributed by atoms with Crippen LogP contribution in [-0.4, -0.2) is 14.6 Å². The van der Waals surface area contributed by atoms with Crippen molar-refractivity contribution >= 4 is 11.3 Å². The first-order chi connectivity index (χ1) is 9.93. The minimum Gasteiger partial charge on any atom is -0.465 e. The first-order valence-electron chi connectivity index (χ1n) is 7.07. The second kappa shape index (κ2) is 4.91. The Balaban J connectivity index is 1.89. The molecule has 5 heteroatoms. The highest BCUT2D eigenvalue weighted by Gasteiger charge is 2.19. The largest absolute Gasteiger partial charge is 0.465 e. The van der Waals surface area contributed by atoms with Crippen LogP contribution in [0.25, 0.3) is 5.52 Å². The van der Waals surface area contributed by atoms with E-state index in [-0.39, 0.29) is 5.41 Å². The van der Waals surface area contributed by atoms with Gasteiger partial charge < -0.3 is 9.73 Å². The van der Waals surface area contributed by atoms with Crippen molar-refractivity contribution in [3.63, 3.8) is 0 Å². The zero-order valence-electron chi connectivity index (χ0n) is 12.8. The molecule has 3 rings (SSSR count). The number of furan rings is 1. The maximum atomic E-state index is 5.56. The lowest BCUT2D eigenvalue weighted by Gasteiger charge is -2.13. The summed E-state index contributed by atoms with van der Waals surface area (Å²) in [6, 6.07) is 6.02. The number of nitrogens with one attached hydrogen (secondary N) is 1. The van der Waals surface area contributed by atoms with Gasteiger partial charge in [0.05, 0.1) is 12.2 Å². The van der Waals surface area contributed by atoms with Crippen molar-refractivity contribution < 1.29 is 4.42 Å². The Labute approximate surface area is 124 Å². The Morgan fingerprint density at radius 3 is 2.76 bits per heavy atom. The Morgan fingerprint density at radius 1 is 1.29 bits per heavy atom. The minimum atomic E-state index is 0.0153. The van der Waals surface area contributed by atoms with Gasteiger partial charge in [0.2, 0.25) is 0 Å². The third-order valence-corrected chi connectivity index (χ3v) is 3.38. The molecule has 0 aliphatic carbocycles. The van der Waals surface area contributed by atoms with E-state index in [2.05, 4.69) is 42.2 Å². The van der Waals surface area contributed by atoms with Gasteiger partial charge in [-0.1, -0.05) is 20.8 Å². The standard InChI is InChI=1S/C16H20N4O/c1-11-5-6-12(21-11)10-18-15-13-9-14(16(2,3)4)19-20(13)8-7-17-15/h5-9H,10H2,1-4H3,(H,17,18). The molecule has 110 valence electrons. The van der Waals surface area contributed by atoms with E-state index in [9.17, 15) is 0 Å². The summed E-state index contributed by atoms with van der Waals surface area (Å²) in [6.07, 6.45) is 3.62. The van der Waals surface area contributed by atoms with Crippen LogP contribution in [0.5, 0.6) is 0 Å². The fourth-order valence-corrected chi connectivity index (χ4v) is 2.18. The van der Waals surface area contributed by atoms with Gasteiger partial charge in [-0.3, -0.25) is 0 Å². The highest BCUT2D eigenvalue weighted by atomic mass is 16.3. The van der Waals surface area contributed by atoms with Gasteiger partial charge in [-0.25, -0.2) is 9.50 Å². The van der Waals surface area contributed by atoms with Gasteiger partial charge in [0, 0.05) is 17.8 Å². The first kappa shape index (κ1) is 13.7. The highest BCUT2D eigenvalue weighted by Crippen LogP contribution is 2.24. The van der Waals surface area contributed by atoms with Crippen molar-refractivity contribution in [2.45, 2.75) is 39.7 Å². The van der Waals surface area contributed by atoms with E-state index in [0.717, 1.165) is 28.5 Å². The maximum Gasteiger partial charge on any atom is 0.152 e. The van der Waals surface area contributed by atoms with E-state index in [4.69, 9.17) is 4.42 Å². The molecule has 0 saturated heterocycles. The van der Waals surface area contributed by atoms with E-state index in [0.29, 0.717) is 6.54 Å². The van der Waals surface area contributed by atoms with Crippen LogP contribution >= 0.6 is 0 Å². The molecule has 0 aromatic carbocycles. The number of aryl methyl sites for hydroxylation is 1. The van der Waals surface area contributed by atoms with E-state index < -0.39 is 0 Å². The minimum absolute atomic E-state index is 0.0153. The summed E-state index contributed by atoms with van der Waals surface area (Å²) < 4.78 is 7.43. The van der Waals surface area contributed by atoms with Crippen LogP contribution in [-0.2, 0) is 12.0 Å². The van der Waals surface area contributed by atoms with Crippen LogP contribution in [0.4, 0.5) is 5.82 Å². The van der Waals surface area contributed by atoms with E-state index >= 15 is 0 Å². The molecule has 0 fully saturated rings. The molecule has 0 saturated carbocycles. The number of nitrogens with zero attached hydrogens (tertiary/aromatic N) is 3. The molecule has 0 unspecified atom stereocenters. The maximum absolute atomic E-state index is 5.56. The van der Waals surface area contributed by atoms with Crippen LogP contribution in [0.1, 0.15) is 38.0 Å². The summed E-state index contributed by atoms with van der Waals surface area (Å²) in [5.41, 5.74) is 2.04. The van der Waals surface area contributed by atoms with Crippen molar-refractivity contribution in [1.82, 2.24) is 14.6 Å². The molecular formula is C16H20N4O. The second-order valence-corrected chi connectivity index (χ2v) is 6.25. The van der Waals surface area contributed by atoms with Gasteiger partial charge in [-0.05, 0) is 25.1 Å². The van der Waals surface area contributed by atoms with Crippen molar-refractivity contribution in [2.75, 3.05) is 5.32 Å². The molecule has 0 spiro atoms. The molecule has 0 aliphatic heterocycles. The SMILES string of the molecule is Cc1ccc(CNc2nccn3nc(C(C)(C)C)cc23)o1. The van der Waals surface area contributed by atoms with Crippen molar-refractivity contribution in [1.29, 1.82) is 0 Å². The van der Waals surface area contributed by atoms with Gasteiger partial charge >= 0.3 is 0 Å². The number of hydrogen-bond acceptors (Lipinski definition) is 4. The van der Waals surface area contributed by atoms with Gasteiger partial charge in [-0.2, -0.15) is 5.10 Å². The van der Waals surface area contributed by atoms with Crippen molar-refractivity contribution in [2.24, 2.45) is 0 Å². The zero-order chi connectivity index (χ0) is 15.0. The van der Waals surface area contributed by atoms with Gasteiger partial charge in [0.25, 0.3) is 0 Å². The molecule has 0 atom stereocenters. The monoisotopic (exact) mass is 284 g/mol. The van der Waals surface area contributed by atoms with Crippen LogP contribution in [0.3, 0.4) is 0 Å². The molecule has 0 aliphatic rings. The predicted octanol–water partition coefficient (Wildman–Crippen LogP) is 3.54. The summed E-state index contributed by atoms with van der Waals surface area (Å²) in [4.78, 5) is 4.41. The Bertz CT molecular complexity index is 764. The molecule has 0 amide bonds. The Kier molecular flexibility index (Phi) is 3.20. The Morgan fingerprint density at radius 2 is 2.10 bits per heavy atom. The molecule has 0 bridgehead atoms. The third-order valence-electron chi connectivity index (χ3n) is 3.38. The molecule has 3 aromatic rings. The quantitative estimate of drug-likeness (QED) is 0.799. The van der Waals surface area contributed by atoms with Crippen LogP contribution in [0.15, 0.2) is 35.0 Å². The van der Waals surface area contributed by atoms with Gasteiger partial charge in [0.1, 0.15) is 17.0 Å². The van der Waals surface area contributed by atoms with E-state index in [1.165, 1.54) is 0 Å². The van der Waals surface area contributed by atoms with Crippen LogP contribution < -0.4 is 5.32 Å². The van der Waals surface area contributed by atoms with E-state index in [1.807, 2.05) is 29.8 Å². The summed E-state index contributed by atoms with van der Waals surface area (Å²) in [5, 5.41) is 7.93. The summed E-state index contributed by atoms with van der Waals surface area (Å²) in [7, 11) is 0. The molecular weight excluding hydrogens is 264 g/mol. The Hall–Kier alpha value is -2.30. The lowest BCUT2D eigenvalue weighted by Crippen LogP contribution is -2.11. The molecule has 0 radical (unpaired) electrons. The topological polar surface area (TPSA) is 55.4 Å². The summed E-state index contributed by atoms with van der Waals surface area (Å²) >= 11 is 0. The first-order valence-corrected chi connectivity index (χ1v) is 7.07. The molecule has 3 aromatic heterocycles. The average Bonchev–Trinajstić information content (AvgIpc) is 3.01. The number of hydrogen-bond donors (Lipinski definition) is 1. The van der Waals surface area contributed by atoms with Crippen LogP contribution in [0, 0.1) is 6.92 Å². The van der Waals surface area contributed by atoms with Crippen molar-refractivity contribution in [3.05, 3.63) is 47.8 Å². The number of fused-ring (bicyclic) bond motifs is 1. The number of anilines is 1. The highest BCUT2D eigenvalue weighted by molar-refractivity contribution is 5.68. The number of rotatable bonds is 3.